The Bertz CT molecular complexity index is 776. The molecule has 3 fully saturated rings. The third kappa shape index (κ3) is 8.97. The molecule has 3 saturated heterocycles. The van der Waals surface area contributed by atoms with Gasteiger partial charge in [-0.1, -0.05) is 12.2 Å². The number of rotatable bonds is 12. The first-order valence-corrected chi connectivity index (χ1v) is 16.1. The van der Waals surface area contributed by atoms with Crippen LogP contribution in [-0.2, 0) is 44.5 Å². The van der Waals surface area contributed by atoms with Crippen LogP contribution in [0.5, 0.6) is 0 Å². The monoisotopic (exact) mass is 656 g/mol. The summed E-state index contributed by atoms with van der Waals surface area (Å²) in [6.07, 6.45) is -2.86. The number of phosphoric ester groups is 1. The molecule has 12 nitrogen and oxygen atoms in total. The lowest BCUT2D eigenvalue weighted by molar-refractivity contribution is -0.0218. The van der Waals surface area contributed by atoms with E-state index in [1.165, 1.54) is 0 Å². The highest BCUT2D eigenvalue weighted by Gasteiger charge is 2.43. The number of halogens is 1. The first-order chi connectivity index (χ1) is 15.9. The SMILES string of the molecule is B[C@H]1CC(O)[C@@H](CO[P@](=O)(S)OC2C[C@H](B)O[C@@H]2COP(=O)(O)OC2C[C@H](B)O[C@@H]2COI)O1. The summed E-state index contributed by atoms with van der Waals surface area (Å²) in [5.74, 6) is 0. The second-order valence-corrected chi connectivity index (χ2v) is 13.7. The molecule has 2 N–H and O–H groups in total. The predicted octanol–water partition coefficient (Wildman–Crippen LogP) is -1.10. The zero-order valence-corrected chi connectivity index (χ0v) is 24.0. The van der Waals surface area contributed by atoms with E-state index in [2.05, 4.69) is 12.2 Å². The van der Waals surface area contributed by atoms with Gasteiger partial charge in [0.05, 0.1) is 38.1 Å². The van der Waals surface area contributed by atoms with E-state index in [1.54, 1.807) is 30.9 Å². The molecule has 3 aliphatic heterocycles. The van der Waals surface area contributed by atoms with E-state index in [0.717, 1.165) is 0 Å². The van der Waals surface area contributed by atoms with Crippen molar-refractivity contribution in [2.45, 2.75) is 73.9 Å². The van der Waals surface area contributed by atoms with Crippen LogP contribution in [0.4, 0.5) is 0 Å². The number of aliphatic hydroxyl groups excluding tert-OH is 1. The fraction of sp³-hybridized carbons (Fsp3) is 1.00. The summed E-state index contributed by atoms with van der Waals surface area (Å²) in [7, 11) is 0.983. The van der Waals surface area contributed by atoms with Gasteiger partial charge in [-0.05, 0) is 19.3 Å². The van der Waals surface area contributed by atoms with Crippen LogP contribution in [0.15, 0.2) is 0 Å². The lowest BCUT2D eigenvalue weighted by atomic mass is 9.96. The molecule has 0 aromatic carbocycles. The topological polar surface area (TPSA) is 148 Å². The summed E-state index contributed by atoms with van der Waals surface area (Å²) in [6.45, 7) is -4.13. The molecule has 0 saturated carbocycles. The Kier molecular flexibility index (Phi) is 11.4. The number of aliphatic hydroxyl groups is 1. The van der Waals surface area contributed by atoms with Crippen molar-refractivity contribution < 1.29 is 54.5 Å². The van der Waals surface area contributed by atoms with Gasteiger partial charge in [-0.15, -0.1) is 0 Å². The maximum absolute atomic E-state index is 12.8. The van der Waals surface area contributed by atoms with E-state index in [9.17, 15) is 19.1 Å². The van der Waals surface area contributed by atoms with Gasteiger partial charge in [0.1, 0.15) is 64.9 Å². The molecule has 4 unspecified atom stereocenters. The highest BCUT2D eigenvalue weighted by Crippen LogP contribution is 2.56. The summed E-state index contributed by atoms with van der Waals surface area (Å²) in [5, 5.41) is 9.95. The highest BCUT2D eigenvalue weighted by atomic mass is 127. The van der Waals surface area contributed by atoms with Crippen LogP contribution >= 0.6 is 49.9 Å². The Morgan fingerprint density at radius 2 is 1.35 bits per heavy atom. The third-order valence-corrected chi connectivity index (χ3v) is 8.76. The standard InChI is InChI=1S/C15H30B3IO12P2S/c16-13-1-7(20)10(27-13)5-26-33(23,34)31-9-3-15(18)29-12(9)6-25-32(21,22)30-8-2-14(17)28-11(8)4-24-19/h7-15,20H,1-6,16-18H2,(H,21,22)(H,23,34)/t7?,8?,9?,10-,11-,12-,13-,14-,15-,33+/m1/s1. The molecule has 3 heterocycles. The highest BCUT2D eigenvalue weighted by molar-refractivity contribution is 14.1. The normalized spacial score (nSPS) is 41.9. The number of hydrogen-bond donors (Lipinski definition) is 3. The van der Waals surface area contributed by atoms with Gasteiger partial charge in [0.15, 0.2) is 0 Å². The van der Waals surface area contributed by atoms with Crippen LogP contribution in [0.1, 0.15) is 19.3 Å². The molecular formula is C15H30B3IO12P2S. The van der Waals surface area contributed by atoms with Crippen LogP contribution < -0.4 is 0 Å². The Hall–Kier alpha value is 1.33. The van der Waals surface area contributed by atoms with Gasteiger partial charge < -0.3 is 27.3 Å². The van der Waals surface area contributed by atoms with Gasteiger partial charge >= 0.3 is 14.6 Å². The van der Waals surface area contributed by atoms with Crippen LogP contribution in [0, 0.1) is 0 Å². The van der Waals surface area contributed by atoms with Crippen molar-refractivity contribution in [2.24, 2.45) is 0 Å². The molecule has 11 atom stereocenters. The molecule has 19 heteroatoms. The number of thiol groups is 1. The van der Waals surface area contributed by atoms with Gasteiger partial charge in [-0.2, -0.15) is 0 Å². The molecule has 0 radical (unpaired) electrons. The summed E-state index contributed by atoms with van der Waals surface area (Å²) < 4.78 is 68.6. The van der Waals surface area contributed by atoms with Crippen molar-refractivity contribution in [1.82, 2.24) is 0 Å². The first kappa shape index (κ1) is 29.9. The number of phosphoric acid groups is 1. The molecule has 0 aliphatic carbocycles. The molecule has 0 amide bonds. The van der Waals surface area contributed by atoms with Crippen molar-refractivity contribution >= 4 is 73.4 Å². The smallest absolute Gasteiger partial charge is 0.390 e. The van der Waals surface area contributed by atoms with E-state index < -0.39 is 51.2 Å². The minimum atomic E-state index is -4.46. The van der Waals surface area contributed by atoms with E-state index in [4.69, 9.17) is 35.4 Å². The summed E-state index contributed by atoms with van der Waals surface area (Å²) in [4.78, 5) is 10.2. The van der Waals surface area contributed by atoms with Crippen molar-refractivity contribution in [3.63, 3.8) is 0 Å². The average Bonchev–Trinajstić information content (AvgIpc) is 3.34. The summed E-state index contributed by atoms with van der Waals surface area (Å²) >= 11 is 5.74. The van der Waals surface area contributed by atoms with Gasteiger partial charge in [0.25, 0.3) is 0 Å². The van der Waals surface area contributed by atoms with Crippen LogP contribution in [-0.4, -0.2) is 108 Å². The van der Waals surface area contributed by atoms with Gasteiger partial charge in [0, 0.05) is 18.0 Å². The maximum Gasteiger partial charge on any atom is 0.472 e. The molecule has 0 aromatic heterocycles. The molecular weight excluding hydrogens is 626 g/mol. The molecule has 3 aliphatic rings. The lowest BCUT2D eigenvalue weighted by Crippen LogP contribution is -2.30. The van der Waals surface area contributed by atoms with Gasteiger partial charge in [-0.25, -0.2) is 9.13 Å². The zero-order chi connectivity index (χ0) is 25.1. The Morgan fingerprint density at radius 3 is 1.91 bits per heavy atom. The minimum absolute atomic E-state index is 0.130. The van der Waals surface area contributed by atoms with Crippen molar-refractivity contribution in [2.75, 3.05) is 19.8 Å². The molecule has 3 rings (SSSR count). The third-order valence-electron chi connectivity index (χ3n) is 5.75. The van der Waals surface area contributed by atoms with Gasteiger partial charge in [-0.3, -0.25) is 18.1 Å². The predicted molar refractivity (Wildman–Crippen MR) is 140 cm³/mol. The molecule has 194 valence electrons. The zero-order valence-electron chi connectivity index (χ0n) is 19.1. The van der Waals surface area contributed by atoms with Crippen LogP contribution in [0.25, 0.3) is 0 Å². The fourth-order valence-corrected chi connectivity index (χ4v) is 7.08. The summed E-state index contributed by atoms with van der Waals surface area (Å²) in [6, 6.07) is -0.558. The average molecular weight is 656 g/mol. The second-order valence-electron chi connectivity index (χ2n) is 8.82. The van der Waals surface area contributed by atoms with E-state index in [1.807, 2.05) is 15.7 Å². The van der Waals surface area contributed by atoms with Crippen molar-refractivity contribution in [1.29, 1.82) is 0 Å². The minimum Gasteiger partial charge on any atom is -0.390 e. The quantitative estimate of drug-likeness (QED) is 0.102. The number of ether oxygens (including phenoxy) is 3. The van der Waals surface area contributed by atoms with E-state index in [-0.39, 0.29) is 37.8 Å². The number of hydrogen-bond acceptors (Lipinski definition) is 11. The fourth-order valence-electron chi connectivity index (χ4n) is 4.24. The molecule has 0 bridgehead atoms. The van der Waals surface area contributed by atoms with E-state index >= 15 is 0 Å². The lowest BCUT2D eigenvalue weighted by Gasteiger charge is -2.25. The van der Waals surface area contributed by atoms with E-state index in [0.29, 0.717) is 19.3 Å². The molecule has 34 heavy (non-hydrogen) atoms. The molecule has 0 aromatic rings. The molecule has 0 spiro atoms. The van der Waals surface area contributed by atoms with Crippen molar-refractivity contribution in [3.05, 3.63) is 0 Å². The van der Waals surface area contributed by atoms with Crippen LogP contribution in [0.2, 0.25) is 0 Å². The summed E-state index contributed by atoms with van der Waals surface area (Å²) in [5.41, 5.74) is 0. The van der Waals surface area contributed by atoms with Crippen molar-refractivity contribution in [3.8, 4) is 0 Å². The Morgan fingerprint density at radius 1 is 0.853 bits per heavy atom. The van der Waals surface area contributed by atoms with Gasteiger partial charge in [0.2, 0.25) is 0 Å². The Labute approximate surface area is 221 Å². The maximum atomic E-state index is 12.8. The Balaban J connectivity index is 1.50. The second kappa shape index (κ2) is 12.9. The first-order valence-electron chi connectivity index (χ1n) is 11.1. The van der Waals surface area contributed by atoms with Crippen LogP contribution in [0.3, 0.4) is 0 Å². The largest absolute Gasteiger partial charge is 0.472 e.